The molecular formula is C19H28N7O12P2+. The molecule has 1 aliphatic carbocycles. The summed E-state index contributed by atoms with van der Waals surface area (Å²) in [5.74, 6) is -0.975. The number of imidazole rings is 1. The Morgan fingerprint density at radius 3 is 2.65 bits per heavy atom. The number of phosphoric ester groups is 2. The fourth-order valence-corrected chi connectivity index (χ4v) is 7.77. The van der Waals surface area contributed by atoms with Crippen molar-refractivity contribution in [3.63, 3.8) is 0 Å². The number of nitrogens with two attached hydrogens (primary N) is 1. The van der Waals surface area contributed by atoms with Gasteiger partial charge >= 0.3 is 21.5 Å². The molecule has 0 spiro atoms. The van der Waals surface area contributed by atoms with E-state index in [2.05, 4.69) is 19.3 Å². The molecule has 21 heteroatoms. The van der Waals surface area contributed by atoms with Gasteiger partial charge in [0, 0.05) is 23.4 Å². The van der Waals surface area contributed by atoms with E-state index in [1.165, 1.54) is 21.7 Å². The van der Waals surface area contributed by atoms with Crippen molar-refractivity contribution in [3.8, 4) is 0 Å². The molecule has 8 N–H and O–H groups in total. The lowest BCUT2D eigenvalue weighted by molar-refractivity contribution is -0.714. The molecule has 2 aromatic rings. The van der Waals surface area contributed by atoms with Crippen LogP contribution in [0.5, 0.6) is 0 Å². The van der Waals surface area contributed by atoms with Crippen molar-refractivity contribution in [2.45, 2.75) is 61.7 Å². The maximum Gasteiger partial charge on any atom is 0.481 e. The molecule has 6 rings (SSSR count). The Balaban J connectivity index is 1.59. The number of rotatable bonds is 3. The van der Waals surface area contributed by atoms with Crippen molar-refractivity contribution in [1.29, 1.82) is 0 Å². The van der Waals surface area contributed by atoms with Crippen LogP contribution in [0, 0.1) is 5.92 Å². The summed E-state index contributed by atoms with van der Waals surface area (Å²) in [5.41, 5.74) is 15.7. The maximum atomic E-state index is 12.8. The van der Waals surface area contributed by atoms with Crippen molar-refractivity contribution in [3.05, 3.63) is 29.0 Å². The molecule has 5 heterocycles. The van der Waals surface area contributed by atoms with Crippen LogP contribution in [0.25, 0.3) is 21.5 Å². The first-order chi connectivity index (χ1) is 18.8. The second-order valence-electron chi connectivity index (χ2n) is 9.69. The number of nitrogens with zero attached hydrogens (tertiary/aromatic N) is 6. The summed E-state index contributed by atoms with van der Waals surface area (Å²) in [6.07, 6.45) is -7.62. The van der Waals surface area contributed by atoms with Crippen LogP contribution in [0.1, 0.15) is 25.1 Å². The van der Waals surface area contributed by atoms with E-state index in [1.54, 1.807) is 6.07 Å². The largest absolute Gasteiger partial charge is 0.481 e. The molecule has 8 bridgehead atoms. The third-order valence-electron chi connectivity index (χ3n) is 7.34. The van der Waals surface area contributed by atoms with Crippen LogP contribution in [0.3, 0.4) is 0 Å². The Kier molecular flexibility index (Phi) is 7.97. The lowest BCUT2D eigenvalue weighted by Gasteiger charge is -2.28. The number of hydrogen-bond acceptors (Lipinski definition) is 13. The molecule has 0 aromatic carbocycles. The van der Waals surface area contributed by atoms with Gasteiger partial charge in [-0.3, -0.25) is 14.8 Å². The lowest BCUT2D eigenvalue weighted by Crippen LogP contribution is -2.47. The number of nitrogen functional groups attached to an aromatic ring is 1. The predicted molar refractivity (Wildman–Crippen MR) is 130 cm³/mol. The molecule has 3 aliphatic heterocycles. The quantitative estimate of drug-likeness (QED) is 0.0734. The Hall–Kier alpha value is -2.21. The highest BCUT2D eigenvalue weighted by Crippen LogP contribution is 2.62. The minimum absolute atomic E-state index is 0.0596. The van der Waals surface area contributed by atoms with Crippen molar-refractivity contribution in [1.82, 2.24) is 9.55 Å². The minimum atomic E-state index is -5.40. The molecule has 2 unspecified atom stereocenters. The Labute approximate surface area is 225 Å². The highest BCUT2D eigenvalue weighted by Gasteiger charge is 2.52. The van der Waals surface area contributed by atoms with Gasteiger partial charge in [0.25, 0.3) is 0 Å². The first-order valence-electron chi connectivity index (χ1n) is 12.1. The summed E-state index contributed by atoms with van der Waals surface area (Å²) < 4.78 is 48.1. The molecule has 2 fully saturated rings. The third kappa shape index (κ3) is 5.37. The van der Waals surface area contributed by atoms with Gasteiger partial charge in [0.15, 0.2) is 11.7 Å². The van der Waals surface area contributed by atoms with Gasteiger partial charge < -0.3 is 39.5 Å². The summed E-state index contributed by atoms with van der Waals surface area (Å²) >= 11 is 0. The van der Waals surface area contributed by atoms with Gasteiger partial charge in [-0.25, -0.2) is 18.7 Å². The summed E-state index contributed by atoms with van der Waals surface area (Å²) in [7, 11) is -10.7. The molecular weight excluding hydrogens is 580 g/mol. The molecule has 1 saturated heterocycles. The molecule has 2 aromatic heterocycles. The molecule has 4 aliphatic rings. The van der Waals surface area contributed by atoms with E-state index in [0.717, 1.165) is 0 Å². The van der Waals surface area contributed by atoms with Gasteiger partial charge in [-0.15, -0.1) is 0 Å². The number of aliphatic hydroxyl groups excluding tert-OH is 4. The van der Waals surface area contributed by atoms with Gasteiger partial charge in [-0.2, -0.15) is 4.31 Å². The number of pyridine rings is 1. The van der Waals surface area contributed by atoms with E-state index in [9.17, 15) is 39.3 Å². The zero-order chi connectivity index (χ0) is 29.0. The van der Waals surface area contributed by atoms with Crippen LogP contribution in [0.4, 0.5) is 5.82 Å². The Morgan fingerprint density at radius 1 is 1.18 bits per heavy atom. The van der Waals surface area contributed by atoms with E-state index in [1.807, 2.05) is 0 Å². The Bertz CT molecular complexity index is 1420. The van der Waals surface area contributed by atoms with Crippen LogP contribution in [-0.4, -0.2) is 89.5 Å². The summed E-state index contributed by atoms with van der Waals surface area (Å²) in [6.45, 7) is -1.09. The third-order valence-corrected chi connectivity index (χ3v) is 10.0. The van der Waals surface area contributed by atoms with Crippen LogP contribution in [0.2, 0.25) is 0 Å². The van der Waals surface area contributed by atoms with E-state index < -0.39 is 77.1 Å². The van der Waals surface area contributed by atoms with Crippen molar-refractivity contribution < 1.29 is 62.0 Å². The predicted octanol–water partition coefficient (Wildman–Crippen LogP) is -0.859. The van der Waals surface area contributed by atoms with Gasteiger partial charge in [0.1, 0.15) is 30.5 Å². The van der Waals surface area contributed by atoms with E-state index in [-0.39, 0.29) is 30.7 Å². The van der Waals surface area contributed by atoms with Crippen molar-refractivity contribution >= 4 is 32.5 Å². The zero-order valence-electron chi connectivity index (χ0n) is 20.5. The monoisotopic (exact) mass is 608 g/mol. The van der Waals surface area contributed by atoms with E-state index in [4.69, 9.17) is 25.0 Å². The van der Waals surface area contributed by atoms with Gasteiger partial charge in [-0.05, 0) is 18.4 Å². The highest BCUT2D eigenvalue weighted by molar-refractivity contribution is 7.61. The second kappa shape index (κ2) is 10.9. The topological polar surface area (TPSA) is 289 Å². The van der Waals surface area contributed by atoms with Crippen molar-refractivity contribution in [2.24, 2.45) is 11.0 Å². The van der Waals surface area contributed by atoms with Crippen LogP contribution in [-0.2, 0) is 27.2 Å². The van der Waals surface area contributed by atoms with Crippen molar-refractivity contribution in [2.75, 3.05) is 18.9 Å². The van der Waals surface area contributed by atoms with E-state index in [0.29, 0.717) is 5.52 Å². The molecule has 220 valence electrons. The number of anilines is 1. The normalized spacial score (nSPS) is 42.1. The first-order valence-corrected chi connectivity index (χ1v) is 15.1. The smallest absolute Gasteiger partial charge is 0.390 e. The van der Waals surface area contributed by atoms with Gasteiger partial charge in [0.2, 0.25) is 0 Å². The average molecular weight is 608 g/mol. The first kappa shape index (κ1) is 29.3. The molecule has 0 radical (unpaired) electrons. The number of hydrogen-bond donors (Lipinski definition) is 7. The molecule has 40 heavy (non-hydrogen) atoms. The zero-order valence-corrected chi connectivity index (χ0v) is 22.3. The number of aromatic nitrogens is 3. The SMILES string of the molecule is [N-]=[N+]=NCC[C@H]1OP(=O)(O)OP(=O)(O)OC[C@H]2O[C@H]([C@H](O)[C@@H]2O)n2cnc3c(N)[n+](ccc32)[C@@H]2C[C@H]1[C@@H](O)[C@H]2O. The van der Waals surface area contributed by atoms with Crippen LogP contribution in [0.15, 0.2) is 23.7 Å². The average Bonchev–Trinajstić information content (AvgIpc) is 3.52. The van der Waals surface area contributed by atoms with Gasteiger partial charge in [-0.1, -0.05) is 5.11 Å². The Morgan fingerprint density at radius 2 is 1.93 bits per heavy atom. The molecule has 0 amide bonds. The van der Waals surface area contributed by atoms with Gasteiger partial charge in [0.05, 0.1) is 36.9 Å². The standard InChI is InChI=1S/C19H27N7O12P2/c20-18-13-9-2-4-25(18)10-5-8(14(27)15(10)28)11(1-3-23-24-21)37-40(33,34)38-39(31,32)35-6-12-16(29)17(30)19(36-12)26(9)7-22-13/h2,4,7-8,10-12,14-17,19-20,27-30H,1,3,5-6H2,(H2,31,32,33,34)/p+1/t8-,10-,11-,12-,14-,15+,16-,17-,19-/m1/s1. The van der Waals surface area contributed by atoms with Crippen LogP contribution >= 0.6 is 15.6 Å². The highest BCUT2D eigenvalue weighted by atomic mass is 31.3. The van der Waals surface area contributed by atoms with E-state index >= 15 is 0 Å². The summed E-state index contributed by atoms with van der Waals surface area (Å²) in [6, 6.07) is 0.679. The number of fused-ring (bicyclic) bond motifs is 7. The summed E-state index contributed by atoms with van der Waals surface area (Å²) in [4.78, 5) is 27.3. The second-order valence-corrected chi connectivity index (χ2v) is 12.7. The fraction of sp³-hybridized carbons (Fsp3) is 0.684. The number of azide groups is 1. The molecule has 11 atom stereocenters. The number of aliphatic hydroxyl groups is 4. The summed E-state index contributed by atoms with van der Waals surface area (Å²) in [5, 5.41) is 46.3. The van der Waals surface area contributed by atoms with Crippen LogP contribution < -0.4 is 10.3 Å². The molecule has 19 nitrogen and oxygen atoms in total. The number of ether oxygens (including phenoxy) is 1. The lowest BCUT2D eigenvalue weighted by atomic mass is 9.96. The number of phosphoric acid groups is 2. The minimum Gasteiger partial charge on any atom is -0.390 e. The maximum absolute atomic E-state index is 12.8. The molecule has 1 saturated carbocycles. The fourth-order valence-electron chi connectivity index (χ4n) is 5.45.